The molecule has 0 radical (unpaired) electrons. The Morgan fingerprint density at radius 3 is 2.91 bits per heavy atom. The van der Waals surface area contributed by atoms with E-state index in [2.05, 4.69) is 10.2 Å². The molecule has 2 rings (SSSR count). The number of carbonyl (C=O) groups excluding carboxylic acids is 2. The fraction of sp³-hybridized carbons (Fsp3) is 0.529. The zero-order chi connectivity index (χ0) is 16.8. The quantitative estimate of drug-likeness (QED) is 0.837. The molecule has 0 bridgehead atoms. The summed E-state index contributed by atoms with van der Waals surface area (Å²) in [5, 5.41) is 3.42. The van der Waals surface area contributed by atoms with Gasteiger partial charge in [0.25, 0.3) is 5.91 Å². The molecule has 1 N–H and O–H groups in total. The molecule has 1 amide bonds. The maximum Gasteiger partial charge on any atom is 0.319 e. The van der Waals surface area contributed by atoms with Crippen molar-refractivity contribution in [1.29, 1.82) is 0 Å². The molecule has 1 aromatic carbocycles. The molecule has 1 heterocycles. The lowest BCUT2D eigenvalue weighted by Crippen LogP contribution is -2.43. The minimum atomic E-state index is -0.221. The van der Waals surface area contributed by atoms with Crippen molar-refractivity contribution in [3.63, 3.8) is 0 Å². The summed E-state index contributed by atoms with van der Waals surface area (Å²) in [5.74, 6) is -0.0391. The molecule has 126 valence electrons. The van der Waals surface area contributed by atoms with Crippen LogP contribution in [-0.2, 0) is 9.53 Å². The number of hydrogen-bond donors (Lipinski definition) is 1. The number of amides is 1. The van der Waals surface area contributed by atoms with Gasteiger partial charge in [-0.15, -0.1) is 0 Å². The third-order valence-corrected chi connectivity index (χ3v) is 4.42. The third-order valence-electron chi connectivity index (χ3n) is 4.10. The van der Waals surface area contributed by atoms with Crippen molar-refractivity contribution in [2.75, 3.05) is 33.3 Å². The van der Waals surface area contributed by atoms with Gasteiger partial charge in [-0.3, -0.25) is 14.5 Å². The van der Waals surface area contributed by atoms with Gasteiger partial charge >= 0.3 is 5.97 Å². The molecule has 1 aliphatic rings. The lowest BCUT2D eigenvalue weighted by Gasteiger charge is -2.31. The Bertz CT molecular complexity index is 577. The van der Waals surface area contributed by atoms with Crippen molar-refractivity contribution in [2.45, 2.75) is 19.8 Å². The van der Waals surface area contributed by atoms with E-state index in [0.29, 0.717) is 29.6 Å². The van der Waals surface area contributed by atoms with Crippen LogP contribution in [0.2, 0.25) is 5.02 Å². The third kappa shape index (κ3) is 5.22. The lowest BCUT2D eigenvalue weighted by atomic mass is 9.98. The summed E-state index contributed by atoms with van der Waals surface area (Å²) in [5.41, 5.74) is 1.52. The number of methoxy groups -OCH3 is 1. The zero-order valence-electron chi connectivity index (χ0n) is 13.6. The van der Waals surface area contributed by atoms with E-state index in [-0.39, 0.29) is 11.9 Å². The Morgan fingerprint density at radius 1 is 1.43 bits per heavy atom. The molecule has 6 heteroatoms. The monoisotopic (exact) mass is 338 g/mol. The van der Waals surface area contributed by atoms with E-state index < -0.39 is 0 Å². The fourth-order valence-electron chi connectivity index (χ4n) is 2.85. The highest BCUT2D eigenvalue weighted by Gasteiger charge is 2.22. The maximum atomic E-state index is 12.2. The van der Waals surface area contributed by atoms with E-state index in [1.165, 1.54) is 7.11 Å². The Kier molecular flexibility index (Phi) is 6.42. The highest BCUT2D eigenvalue weighted by atomic mass is 35.5. The van der Waals surface area contributed by atoms with Gasteiger partial charge in [0.15, 0.2) is 0 Å². The number of esters is 1. The number of piperidine rings is 1. The Labute approximate surface area is 141 Å². The predicted molar refractivity (Wildman–Crippen MR) is 89.7 cm³/mol. The molecule has 0 spiro atoms. The van der Waals surface area contributed by atoms with Gasteiger partial charge in [-0.2, -0.15) is 0 Å². The van der Waals surface area contributed by atoms with E-state index in [4.69, 9.17) is 16.3 Å². The van der Waals surface area contributed by atoms with E-state index >= 15 is 0 Å². The molecule has 1 aliphatic heterocycles. The summed E-state index contributed by atoms with van der Waals surface area (Å²) in [6.07, 6.45) is 2.06. The number of hydrogen-bond acceptors (Lipinski definition) is 4. The minimum Gasteiger partial charge on any atom is -0.468 e. The second-order valence-corrected chi connectivity index (χ2v) is 6.42. The summed E-state index contributed by atoms with van der Waals surface area (Å²) < 4.78 is 4.70. The first-order valence-corrected chi connectivity index (χ1v) is 8.21. The van der Waals surface area contributed by atoms with Crippen LogP contribution < -0.4 is 5.32 Å². The average Bonchev–Trinajstić information content (AvgIpc) is 2.53. The van der Waals surface area contributed by atoms with Gasteiger partial charge in [0.2, 0.25) is 0 Å². The van der Waals surface area contributed by atoms with Crippen LogP contribution in [0.4, 0.5) is 0 Å². The van der Waals surface area contributed by atoms with E-state index in [9.17, 15) is 9.59 Å². The van der Waals surface area contributed by atoms with Crippen molar-refractivity contribution in [1.82, 2.24) is 10.2 Å². The molecule has 1 unspecified atom stereocenters. The molecular weight excluding hydrogens is 316 g/mol. The molecule has 5 nitrogen and oxygen atoms in total. The molecule has 0 saturated carbocycles. The minimum absolute atomic E-state index is 0.153. The van der Waals surface area contributed by atoms with Gasteiger partial charge in [-0.1, -0.05) is 17.7 Å². The zero-order valence-corrected chi connectivity index (χ0v) is 14.4. The van der Waals surface area contributed by atoms with E-state index in [1.807, 2.05) is 13.0 Å². The lowest BCUT2D eigenvalue weighted by molar-refractivity contribution is -0.142. The first kappa shape index (κ1) is 17.8. The average molecular weight is 339 g/mol. The molecule has 0 aliphatic carbocycles. The van der Waals surface area contributed by atoms with Crippen molar-refractivity contribution in [3.05, 3.63) is 34.3 Å². The van der Waals surface area contributed by atoms with Gasteiger partial charge in [-0.05, 0) is 49.9 Å². The van der Waals surface area contributed by atoms with Crippen molar-refractivity contribution >= 4 is 23.5 Å². The number of benzene rings is 1. The van der Waals surface area contributed by atoms with Crippen molar-refractivity contribution in [3.8, 4) is 0 Å². The van der Waals surface area contributed by atoms with Crippen LogP contribution in [-0.4, -0.2) is 50.1 Å². The highest BCUT2D eigenvalue weighted by Crippen LogP contribution is 2.19. The second-order valence-electron chi connectivity index (χ2n) is 6.01. The normalized spacial score (nSPS) is 18.5. The number of halogens is 1. The number of carbonyl (C=O) groups is 2. The van der Waals surface area contributed by atoms with Gasteiger partial charge in [0, 0.05) is 13.1 Å². The molecule has 1 fully saturated rings. The smallest absolute Gasteiger partial charge is 0.319 e. The SMILES string of the molecule is COC(=O)CN1CCCC(CNC(=O)c2ccc(C)cc2Cl)C1. The summed E-state index contributed by atoms with van der Waals surface area (Å²) in [7, 11) is 1.40. The van der Waals surface area contributed by atoms with Crippen LogP contribution in [0.25, 0.3) is 0 Å². The summed E-state index contributed by atoms with van der Waals surface area (Å²) in [6.45, 7) is 4.51. The van der Waals surface area contributed by atoms with Crippen molar-refractivity contribution < 1.29 is 14.3 Å². The second kappa shape index (κ2) is 8.31. The molecule has 1 atom stereocenters. The van der Waals surface area contributed by atoms with E-state index in [1.54, 1.807) is 12.1 Å². The number of ether oxygens (including phenoxy) is 1. The van der Waals surface area contributed by atoms with Crippen molar-refractivity contribution in [2.24, 2.45) is 5.92 Å². The number of nitrogens with zero attached hydrogens (tertiary/aromatic N) is 1. The maximum absolute atomic E-state index is 12.2. The number of rotatable bonds is 5. The van der Waals surface area contributed by atoms with E-state index in [0.717, 1.165) is 31.5 Å². The molecule has 23 heavy (non-hydrogen) atoms. The van der Waals surface area contributed by atoms with Crippen LogP contribution in [0.5, 0.6) is 0 Å². The number of aryl methyl sites for hydroxylation is 1. The Morgan fingerprint density at radius 2 is 2.22 bits per heavy atom. The number of nitrogens with one attached hydrogen (secondary N) is 1. The van der Waals surface area contributed by atoms with Gasteiger partial charge < -0.3 is 10.1 Å². The molecular formula is C17H23ClN2O3. The predicted octanol–water partition coefficient (Wildman–Crippen LogP) is 2.26. The van der Waals surface area contributed by atoms with Crippen LogP contribution in [0.3, 0.4) is 0 Å². The summed E-state index contributed by atoms with van der Waals surface area (Å²) >= 11 is 6.12. The van der Waals surface area contributed by atoms with Gasteiger partial charge in [0.05, 0.1) is 24.2 Å². The van der Waals surface area contributed by atoms with Crippen LogP contribution in [0.1, 0.15) is 28.8 Å². The van der Waals surface area contributed by atoms with Crippen LogP contribution >= 0.6 is 11.6 Å². The van der Waals surface area contributed by atoms with Gasteiger partial charge in [-0.25, -0.2) is 0 Å². The Hall–Kier alpha value is -1.59. The van der Waals surface area contributed by atoms with Crippen LogP contribution in [0, 0.1) is 12.8 Å². The summed E-state index contributed by atoms with van der Waals surface area (Å²) in [4.78, 5) is 25.7. The fourth-order valence-corrected chi connectivity index (χ4v) is 3.17. The van der Waals surface area contributed by atoms with Gasteiger partial charge in [0.1, 0.15) is 0 Å². The number of likely N-dealkylation sites (tertiary alicyclic amines) is 1. The topological polar surface area (TPSA) is 58.6 Å². The summed E-state index contributed by atoms with van der Waals surface area (Å²) in [6, 6.07) is 5.41. The molecule has 1 saturated heterocycles. The standard InChI is InChI=1S/C17H23ClN2O3/c1-12-5-6-14(15(18)8-12)17(22)19-9-13-4-3-7-20(10-13)11-16(21)23-2/h5-6,8,13H,3-4,7,9-11H2,1-2H3,(H,19,22). The largest absolute Gasteiger partial charge is 0.468 e. The molecule has 1 aromatic rings. The first-order valence-electron chi connectivity index (χ1n) is 7.83. The first-order chi connectivity index (χ1) is 11.0. The molecule has 0 aromatic heterocycles. The van der Waals surface area contributed by atoms with Crippen LogP contribution in [0.15, 0.2) is 18.2 Å². The highest BCUT2D eigenvalue weighted by molar-refractivity contribution is 6.33. The Balaban J connectivity index is 1.85.